The van der Waals surface area contributed by atoms with Crippen LogP contribution in [-0.4, -0.2) is 33.3 Å². The van der Waals surface area contributed by atoms with Crippen LogP contribution in [0.5, 0.6) is 0 Å². The molecule has 1 fully saturated rings. The van der Waals surface area contributed by atoms with Crippen LogP contribution in [0.25, 0.3) is 4.96 Å². The normalized spacial score (nSPS) is 20.0. The molecule has 1 N–H and O–H groups in total. The van der Waals surface area contributed by atoms with Crippen molar-refractivity contribution in [3.05, 3.63) is 58.4 Å². The number of nitrogens with zero attached hydrogens (tertiary/aromatic N) is 3. The Morgan fingerprint density at radius 3 is 2.77 bits per heavy atom. The third kappa shape index (κ3) is 3.91. The highest BCUT2D eigenvalue weighted by Crippen LogP contribution is 2.30. The molecule has 2 aliphatic rings. The van der Waals surface area contributed by atoms with E-state index in [1.807, 2.05) is 16.5 Å². The SMILES string of the molecule is O=C(c1nc2sccn2c1CN[C@H]1CCCc2ccccc21)N1CCCCCCC1. The number of rotatable bonds is 4. The van der Waals surface area contributed by atoms with Crippen LogP contribution < -0.4 is 5.32 Å². The summed E-state index contributed by atoms with van der Waals surface area (Å²) >= 11 is 1.60. The summed E-state index contributed by atoms with van der Waals surface area (Å²) in [5, 5.41) is 5.80. The lowest BCUT2D eigenvalue weighted by molar-refractivity contribution is 0.0735. The van der Waals surface area contributed by atoms with E-state index in [2.05, 4.69) is 34.0 Å². The van der Waals surface area contributed by atoms with Gasteiger partial charge in [-0.05, 0) is 43.2 Å². The molecule has 1 aliphatic heterocycles. The molecule has 1 aliphatic carbocycles. The average Bonchev–Trinajstić information content (AvgIpc) is 3.33. The molecule has 1 atom stereocenters. The van der Waals surface area contributed by atoms with Gasteiger partial charge in [0.1, 0.15) is 0 Å². The number of amides is 1. The van der Waals surface area contributed by atoms with E-state index < -0.39 is 0 Å². The zero-order chi connectivity index (χ0) is 20.3. The van der Waals surface area contributed by atoms with Crippen molar-refractivity contribution in [3.8, 4) is 0 Å². The number of imidazole rings is 1. The van der Waals surface area contributed by atoms with Gasteiger partial charge in [0.2, 0.25) is 0 Å². The van der Waals surface area contributed by atoms with Gasteiger partial charge < -0.3 is 10.2 Å². The minimum atomic E-state index is 0.105. The Morgan fingerprint density at radius 1 is 1.10 bits per heavy atom. The van der Waals surface area contributed by atoms with Crippen molar-refractivity contribution in [1.29, 1.82) is 0 Å². The largest absolute Gasteiger partial charge is 0.337 e. The predicted octanol–water partition coefficient (Wildman–Crippen LogP) is 4.97. The van der Waals surface area contributed by atoms with E-state index in [-0.39, 0.29) is 5.91 Å². The second-order valence-corrected chi connectivity index (χ2v) is 9.42. The maximum absolute atomic E-state index is 13.4. The maximum Gasteiger partial charge on any atom is 0.274 e. The fourth-order valence-corrected chi connectivity index (χ4v) is 5.69. The van der Waals surface area contributed by atoms with Crippen LogP contribution in [0.4, 0.5) is 0 Å². The Balaban J connectivity index is 1.39. The Morgan fingerprint density at radius 2 is 1.90 bits per heavy atom. The van der Waals surface area contributed by atoms with Crippen molar-refractivity contribution in [2.75, 3.05) is 13.1 Å². The van der Waals surface area contributed by atoms with Crippen LogP contribution in [0.1, 0.15) is 78.3 Å². The first-order chi connectivity index (χ1) is 14.8. The Bertz CT molecular complexity index is 1020. The zero-order valence-electron chi connectivity index (χ0n) is 17.5. The van der Waals surface area contributed by atoms with Gasteiger partial charge >= 0.3 is 0 Å². The van der Waals surface area contributed by atoms with Gasteiger partial charge in [-0.2, -0.15) is 0 Å². The van der Waals surface area contributed by atoms with Gasteiger partial charge in [0.15, 0.2) is 10.7 Å². The Labute approximate surface area is 182 Å². The predicted molar refractivity (Wildman–Crippen MR) is 121 cm³/mol. The van der Waals surface area contributed by atoms with Gasteiger partial charge in [-0.15, -0.1) is 11.3 Å². The van der Waals surface area contributed by atoms with E-state index in [0.29, 0.717) is 18.3 Å². The lowest BCUT2D eigenvalue weighted by Gasteiger charge is -2.27. The summed E-state index contributed by atoms with van der Waals surface area (Å²) in [6.07, 6.45) is 11.5. The molecule has 158 valence electrons. The number of thiazole rings is 1. The zero-order valence-corrected chi connectivity index (χ0v) is 18.3. The first-order valence-electron chi connectivity index (χ1n) is 11.4. The average molecular weight is 423 g/mol. The number of aryl methyl sites for hydroxylation is 1. The third-order valence-electron chi connectivity index (χ3n) is 6.59. The summed E-state index contributed by atoms with van der Waals surface area (Å²) in [4.78, 5) is 21.1. The minimum absolute atomic E-state index is 0.105. The number of fused-ring (bicyclic) bond motifs is 2. The molecule has 0 radical (unpaired) electrons. The summed E-state index contributed by atoms with van der Waals surface area (Å²) in [5.74, 6) is 0.105. The van der Waals surface area contributed by atoms with E-state index in [1.54, 1.807) is 11.3 Å². The van der Waals surface area contributed by atoms with Crippen molar-refractivity contribution < 1.29 is 4.79 Å². The molecular weight excluding hydrogens is 392 g/mol. The molecule has 3 heterocycles. The van der Waals surface area contributed by atoms with Crippen molar-refractivity contribution in [1.82, 2.24) is 19.6 Å². The summed E-state index contributed by atoms with van der Waals surface area (Å²) < 4.78 is 2.10. The molecule has 2 aromatic heterocycles. The van der Waals surface area contributed by atoms with Gasteiger partial charge in [0.25, 0.3) is 5.91 Å². The van der Waals surface area contributed by atoms with E-state index in [0.717, 1.165) is 49.4 Å². The number of nitrogens with one attached hydrogen (secondary N) is 1. The molecule has 0 bridgehead atoms. The third-order valence-corrected chi connectivity index (χ3v) is 7.35. The van der Waals surface area contributed by atoms with Crippen LogP contribution in [0, 0.1) is 0 Å². The number of benzene rings is 1. The number of likely N-dealkylation sites (tertiary alicyclic amines) is 1. The summed E-state index contributed by atoms with van der Waals surface area (Å²) in [6, 6.07) is 9.09. The molecule has 0 spiro atoms. The number of aromatic nitrogens is 2. The first-order valence-corrected chi connectivity index (χ1v) is 12.2. The molecule has 0 unspecified atom stereocenters. The number of carbonyl (C=O) groups is 1. The van der Waals surface area contributed by atoms with Crippen molar-refractivity contribution in [3.63, 3.8) is 0 Å². The van der Waals surface area contributed by atoms with Gasteiger partial charge in [-0.25, -0.2) is 4.98 Å². The van der Waals surface area contributed by atoms with Gasteiger partial charge in [-0.1, -0.05) is 43.5 Å². The molecule has 1 saturated heterocycles. The quantitative estimate of drug-likeness (QED) is 0.646. The molecule has 5 rings (SSSR count). The Kier molecular flexibility index (Phi) is 5.86. The minimum Gasteiger partial charge on any atom is -0.337 e. The van der Waals surface area contributed by atoms with Crippen LogP contribution in [-0.2, 0) is 13.0 Å². The van der Waals surface area contributed by atoms with Crippen LogP contribution in [0.2, 0.25) is 0 Å². The second kappa shape index (κ2) is 8.90. The molecule has 30 heavy (non-hydrogen) atoms. The highest BCUT2D eigenvalue weighted by atomic mass is 32.1. The summed E-state index contributed by atoms with van der Waals surface area (Å²) in [5.41, 5.74) is 4.50. The smallest absolute Gasteiger partial charge is 0.274 e. The molecule has 0 saturated carbocycles. The first kappa shape index (κ1) is 19.8. The van der Waals surface area contributed by atoms with Gasteiger partial charge in [0.05, 0.1) is 5.69 Å². The maximum atomic E-state index is 13.4. The van der Waals surface area contributed by atoms with E-state index in [4.69, 9.17) is 4.98 Å². The van der Waals surface area contributed by atoms with Gasteiger partial charge in [0, 0.05) is 37.3 Å². The standard InChI is InChI=1S/C24H30N4OS/c29-23(27-13-6-2-1-3-7-14-27)22-21(28-15-16-30-24(28)26-22)17-25-20-12-8-10-18-9-4-5-11-19(18)20/h4-5,9,11,15-16,20,25H,1-3,6-8,10,12-14,17H2/t20-/m0/s1. The second-order valence-electron chi connectivity index (χ2n) is 8.55. The number of hydrogen-bond acceptors (Lipinski definition) is 4. The molecular formula is C24H30N4OS. The summed E-state index contributed by atoms with van der Waals surface area (Å²) in [7, 11) is 0. The number of hydrogen-bond donors (Lipinski definition) is 1. The number of carbonyl (C=O) groups excluding carboxylic acids is 1. The highest BCUT2D eigenvalue weighted by molar-refractivity contribution is 7.15. The van der Waals surface area contributed by atoms with Crippen molar-refractivity contribution in [2.24, 2.45) is 0 Å². The van der Waals surface area contributed by atoms with Crippen molar-refractivity contribution >= 4 is 22.2 Å². The highest BCUT2D eigenvalue weighted by Gasteiger charge is 2.26. The molecule has 5 nitrogen and oxygen atoms in total. The lowest BCUT2D eigenvalue weighted by Crippen LogP contribution is -2.35. The van der Waals surface area contributed by atoms with Gasteiger partial charge in [-0.3, -0.25) is 9.20 Å². The fourth-order valence-electron chi connectivity index (χ4n) is 4.96. The lowest BCUT2D eigenvalue weighted by atomic mass is 9.88. The summed E-state index contributed by atoms with van der Waals surface area (Å²) in [6.45, 7) is 2.37. The van der Waals surface area contributed by atoms with Crippen LogP contribution in [0.15, 0.2) is 35.8 Å². The molecule has 6 heteroatoms. The molecule has 1 amide bonds. The van der Waals surface area contributed by atoms with Crippen LogP contribution in [0.3, 0.4) is 0 Å². The Hall–Kier alpha value is -2.18. The van der Waals surface area contributed by atoms with E-state index >= 15 is 0 Å². The monoisotopic (exact) mass is 422 g/mol. The molecule has 1 aromatic carbocycles. The topological polar surface area (TPSA) is 49.6 Å². The van der Waals surface area contributed by atoms with E-state index in [9.17, 15) is 4.79 Å². The van der Waals surface area contributed by atoms with Crippen LogP contribution >= 0.6 is 11.3 Å². The van der Waals surface area contributed by atoms with Crippen molar-refractivity contribution in [2.45, 2.75) is 64.0 Å². The van der Waals surface area contributed by atoms with E-state index in [1.165, 1.54) is 36.8 Å². The molecule has 3 aromatic rings. The fraction of sp³-hybridized carbons (Fsp3) is 0.500.